The number of hydrogen-bond donors (Lipinski definition) is 0. The first-order valence-electron chi connectivity index (χ1n) is 7.74. The summed E-state index contributed by atoms with van der Waals surface area (Å²) in [7, 11) is 0. The molecule has 1 aliphatic heterocycles. The second-order valence-electron chi connectivity index (χ2n) is 7.13. The summed E-state index contributed by atoms with van der Waals surface area (Å²) in [5, 5.41) is 0. The van der Waals surface area contributed by atoms with E-state index in [4.69, 9.17) is 9.73 Å². The maximum absolute atomic E-state index is 6.05. The summed E-state index contributed by atoms with van der Waals surface area (Å²) in [6.45, 7) is 9.41. The molecule has 2 heteroatoms. The third-order valence-electron chi connectivity index (χ3n) is 4.73. The SMILES string of the molecule is Cc1ccc(C2(C3=NC(C)(C)CO3)CCCC2)c(C)c1. The molecular weight excluding hydrogens is 246 g/mol. The normalized spacial score (nSPS) is 23.5. The summed E-state index contributed by atoms with van der Waals surface area (Å²) < 4.78 is 6.05. The van der Waals surface area contributed by atoms with Crippen molar-refractivity contribution in [2.45, 2.75) is 64.3 Å². The lowest BCUT2D eigenvalue weighted by Gasteiger charge is -2.30. The topological polar surface area (TPSA) is 21.6 Å². The van der Waals surface area contributed by atoms with E-state index in [-0.39, 0.29) is 11.0 Å². The Morgan fingerprint density at radius 1 is 1.10 bits per heavy atom. The van der Waals surface area contributed by atoms with Crippen LogP contribution >= 0.6 is 0 Å². The van der Waals surface area contributed by atoms with Gasteiger partial charge in [-0.25, -0.2) is 4.99 Å². The molecule has 0 saturated heterocycles. The third-order valence-corrected chi connectivity index (χ3v) is 4.73. The molecular formula is C18H25NO. The summed E-state index contributed by atoms with van der Waals surface area (Å²) in [6, 6.07) is 6.81. The van der Waals surface area contributed by atoms with Gasteiger partial charge in [0.25, 0.3) is 0 Å². The number of aryl methyl sites for hydroxylation is 2. The van der Waals surface area contributed by atoms with E-state index in [0.29, 0.717) is 0 Å². The van der Waals surface area contributed by atoms with Crippen LogP contribution in [0, 0.1) is 13.8 Å². The van der Waals surface area contributed by atoms with Crippen molar-refractivity contribution in [3.63, 3.8) is 0 Å². The maximum Gasteiger partial charge on any atom is 0.194 e. The molecule has 2 aliphatic rings. The van der Waals surface area contributed by atoms with Crippen molar-refractivity contribution < 1.29 is 4.74 Å². The van der Waals surface area contributed by atoms with Crippen molar-refractivity contribution >= 4 is 5.90 Å². The minimum Gasteiger partial charge on any atom is -0.478 e. The van der Waals surface area contributed by atoms with Crippen LogP contribution in [0.15, 0.2) is 23.2 Å². The molecule has 20 heavy (non-hydrogen) atoms. The predicted octanol–water partition coefficient (Wildman–Crippen LogP) is 4.32. The Kier molecular flexibility index (Phi) is 3.15. The van der Waals surface area contributed by atoms with Gasteiger partial charge in [-0.15, -0.1) is 0 Å². The van der Waals surface area contributed by atoms with Gasteiger partial charge in [-0.2, -0.15) is 0 Å². The average Bonchev–Trinajstić information content (AvgIpc) is 2.96. The molecule has 0 bridgehead atoms. The average molecular weight is 271 g/mol. The predicted molar refractivity (Wildman–Crippen MR) is 83.5 cm³/mol. The summed E-state index contributed by atoms with van der Waals surface area (Å²) in [5.74, 6) is 0.993. The van der Waals surface area contributed by atoms with Gasteiger partial charge in [-0.1, -0.05) is 36.6 Å². The highest BCUT2D eigenvalue weighted by Gasteiger charge is 2.46. The highest BCUT2D eigenvalue weighted by atomic mass is 16.5. The van der Waals surface area contributed by atoms with Gasteiger partial charge < -0.3 is 4.74 Å². The molecule has 0 radical (unpaired) electrons. The van der Waals surface area contributed by atoms with E-state index < -0.39 is 0 Å². The quantitative estimate of drug-likeness (QED) is 0.785. The van der Waals surface area contributed by atoms with E-state index in [2.05, 4.69) is 45.9 Å². The number of benzene rings is 1. The summed E-state index contributed by atoms with van der Waals surface area (Å²) >= 11 is 0. The molecule has 1 heterocycles. The van der Waals surface area contributed by atoms with Crippen LogP contribution in [0.2, 0.25) is 0 Å². The lowest BCUT2D eigenvalue weighted by Crippen LogP contribution is -2.34. The Balaban J connectivity index is 2.09. The minimum atomic E-state index is -0.0659. The van der Waals surface area contributed by atoms with Gasteiger partial charge in [0.2, 0.25) is 0 Å². The molecule has 0 amide bonds. The molecule has 1 fully saturated rings. The smallest absolute Gasteiger partial charge is 0.194 e. The molecule has 108 valence electrons. The van der Waals surface area contributed by atoms with Crippen LogP contribution in [-0.4, -0.2) is 18.0 Å². The zero-order valence-electron chi connectivity index (χ0n) is 13.1. The zero-order chi connectivity index (χ0) is 14.4. The fraction of sp³-hybridized carbons (Fsp3) is 0.611. The molecule has 1 aliphatic carbocycles. The summed E-state index contributed by atoms with van der Waals surface area (Å²) in [6.07, 6.45) is 4.89. The van der Waals surface area contributed by atoms with Crippen molar-refractivity contribution in [3.8, 4) is 0 Å². The van der Waals surface area contributed by atoms with Gasteiger partial charge in [0.15, 0.2) is 5.90 Å². The maximum atomic E-state index is 6.05. The van der Waals surface area contributed by atoms with Gasteiger partial charge in [-0.05, 0) is 51.7 Å². The molecule has 0 spiro atoms. The van der Waals surface area contributed by atoms with E-state index in [1.165, 1.54) is 42.4 Å². The molecule has 0 N–H and O–H groups in total. The first-order valence-corrected chi connectivity index (χ1v) is 7.74. The Bertz CT molecular complexity index is 551. The highest BCUT2D eigenvalue weighted by molar-refractivity contribution is 5.90. The first-order chi connectivity index (χ1) is 9.43. The molecule has 0 aromatic heterocycles. The van der Waals surface area contributed by atoms with Gasteiger partial charge >= 0.3 is 0 Å². The largest absolute Gasteiger partial charge is 0.478 e. The molecule has 2 nitrogen and oxygen atoms in total. The van der Waals surface area contributed by atoms with Crippen LogP contribution in [0.3, 0.4) is 0 Å². The van der Waals surface area contributed by atoms with Crippen LogP contribution in [0.5, 0.6) is 0 Å². The first kappa shape index (κ1) is 13.7. The van der Waals surface area contributed by atoms with E-state index in [1.807, 2.05) is 0 Å². The van der Waals surface area contributed by atoms with Crippen LogP contribution in [0.4, 0.5) is 0 Å². The Hall–Kier alpha value is -1.31. The fourth-order valence-electron chi connectivity index (χ4n) is 3.76. The molecule has 3 rings (SSSR count). The summed E-state index contributed by atoms with van der Waals surface area (Å²) in [5.41, 5.74) is 4.10. The second-order valence-corrected chi connectivity index (χ2v) is 7.13. The van der Waals surface area contributed by atoms with Gasteiger partial charge in [0, 0.05) is 0 Å². The number of nitrogens with zero attached hydrogens (tertiary/aromatic N) is 1. The number of hydrogen-bond acceptors (Lipinski definition) is 2. The van der Waals surface area contributed by atoms with E-state index >= 15 is 0 Å². The Morgan fingerprint density at radius 2 is 1.80 bits per heavy atom. The van der Waals surface area contributed by atoms with E-state index in [9.17, 15) is 0 Å². The van der Waals surface area contributed by atoms with Crippen molar-refractivity contribution in [3.05, 3.63) is 34.9 Å². The van der Waals surface area contributed by atoms with Crippen molar-refractivity contribution in [2.75, 3.05) is 6.61 Å². The number of rotatable bonds is 2. The van der Waals surface area contributed by atoms with Crippen LogP contribution in [-0.2, 0) is 10.2 Å². The number of ether oxygens (including phenoxy) is 1. The standard InChI is InChI=1S/C18H25NO/c1-13-7-8-15(14(2)11-13)18(9-5-6-10-18)16-19-17(3,4)12-20-16/h7-8,11H,5-6,9-10,12H2,1-4H3. The Labute approximate surface area is 122 Å². The van der Waals surface area contributed by atoms with Crippen molar-refractivity contribution in [2.24, 2.45) is 4.99 Å². The van der Waals surface area contributed by atoms with Crippen LogP contribution in [0.1, 0.15) is 56.2 Å². The van der Waals surface area contributed by atoms with E-state index in [1.54, 1.807) is 0 Å². The minimum absolute atomic E-state index is 0.0333. The van der Waals surface area contributed by atoms with Crippen molar-refractivity contribution in [1.82, 2.24) is 0 Å². The number of aliphatic imine (C=N–C) groups is 1. The summed E-state index contributed by atoms with van der Waals surface area (Å²) in [4.78, 5) is 4.91. The third kappa shape index (κ3) is 2.15. The van der Waals surface area contributed by atoms with E-state index in [0.717, 1.165) is 12.5 Å². The highest BCUT2D eigenvalue weighted by Crippen LogP contribution is 2.46. The zero-order valence-corrected chi connectivity index (χ0v) is 13.1. The Morgan fingerprint density at radius 3 is 2.35 bits per heavy atom. The van der Waals surface area contributed by atoms with Gasteiger partial charge in [0.05, 0.1) is 11.0 Å². The van der Waals surface area contributed by atoms with Gasteiger partial charge in [-0.3, -0.25) is 0 Å². The molecule has 1 aromatic carbocycles. The fourth-order valence-corrected chi connectivity index (χ4v) is 3.76. The molecule has 1 aromatic rings. The lowest BCUT2D eigenvalue weighted by molar-refractivity contribution is 0.258. The van der Waals surface area contributed by atoms with Crippen LogP contribution in [0.25, 0.3) is 0 Å². The van der Waals surface area contributed by atoms with Crippen LogP contribution < -0.4 is 0 Å². The van der Waals surface area contributed by atoms with Crippen molar-refractivity contribution in [1.29, 1.82) is 0 Å². The monoisotopic (exact) mass is 271 g/mol. The molecule has 0 unspecified atom stereocenters. The van der Waals surface area contributed by atoms with Gasteiger partial charge in [0.1, 0.15) is 6.61 Å². The second kappa shape index (κ2) is 4.61. The lowest BCUT2D eigenvalue weighted by atomic mass is 9.76. The molecule has 1 saturated carbocycles. The molecule has 0 atom stereocenters.